The molecular formula is C19H20N4O2. The van der Waals surface area contributed by atoms with Gasteiger partial charge >= 0.3 is 0 Å². The van der Waals surface area contributed by atoms with E-state index < -0.39 is 0 Å². The minimum Gasteiger partial charge on any atom is -0.345 e. The zero-order valence-electron chi connectivity index (χ0n) is 14.5. The van der Waals surface area contributed by atoms with Crippen molar-refractivity contribution in [3.8, 4) is 0 Å². The smallest absolute Gasteiger partial charge is 0.254 e. The Balaban J connectivity index is 1.68. The largest absolute Gasteiger partial charge is 0.345 e. The van der Waals surface area contributed by atoms with Crippen LogP contribution in [0.4, 0.5) is 5.69 Å². The van der Waals surface area contributed by atoms with Gasteiger partial charge in [0.1, 0.15) is 0 Å². The number of fused-ring (bicyclic) bond motifs is 1. The van der Waals surface area contributed by atoms with Crippen molar-refractivity contribution in [2.45, 2.75) is 13.8 Å². The number of rotatable bonds is 4. The average molecular weight is 336 g/mol. The molecule has 128 valence electrons. The van der Waals surface area contributed by atoms with Crippen LogP contribution in [0.3, 0.4) is 0 Å². The molecule has 6 nitrogen and oxygen atoms in total. The molecule has 0 saturated heterocycles. The number of nitrogens with zero attached hydrogens (tertiary/aromatic N) is 2. The Morgan fingerprint density at radius 1 is 1.16 bits per heavy atom. The lowest BCUT2D eigenvalue weighted by atomic mass is 10.1. The van der Waals surface area contributed by atoms with Crippen molar-refractivity contribution in [1.82, 2.24) is 14.9 Å². The van der Waals surface area contributed by atoms with Gasteiger partial charge in [-0.3, -0.25) is 9.59 Å². The molecule has 0 spiro atoms. The summed E-state index contributed by atoms with van der Waals surface area (Å²) in [6.07, 6.45) is 1.58. The second-order valence-electron chi connectivity index (χ2n) is 6.16. The van der Waals surface area contributed by atoms with E-state index in [1.165, 1.54) is 4.90 Å². The van der Waals surface area contributed by atoms with E-state index in [0.717, 1.165) is 27.8 Å². The number of H-pyrrole nitrogens is 1. The van der Waals surface area contributed by atoms with Gasteiger partial charge < -0.3 is 15.2 Å². The summed E-state index contributed by atoms with van der Waals surface area (Å²) in [7, 11) is 1.61. The Kier molecular flexibility index (Phi) is 4.52. The third-order valence-corrected chi connectivity index (χ3v) is 4.06. The molecule has 0 aliphatic carbocycles. The number of hydrogen-bond donors (Lipinski definition) is 2. The van der Waals surface area contributed by atoms with Crippen LogP contribution in [-0.2, 0) is 4.79 Å². The van der Waals surface area contributed by atoms with E-state index in [1.807, 2.05) is 32.0 Å². The molecule has 2 N–H and O–H groups in total. The molecule has 6 heteroatoms. The monoisotopic (exact) mass is 336 g/mol. The highest BCUT2D eigenvalue weighted by molar-refractivity contribution is 6.01. The van der Waals surface area contributed by atoms with E-state index in [1.54, 1.807) is 31.6 Å². The van der Waals surface area contributed by atoms with Gasteiger partial charge in [-0.2, -0.15) is 0 Å². The third kappa shape index (κ3) is 3.68. The lowest BCUT2D eigenvalue weighted by Gasteiger charge is -2.17. The van der Waals surface area contributed by atoms with Crippen LogP contribution in [-0.4, -0.2) is 40.3 Å². The first-order valence-electron chi connectivity index (χ1n) is 8.00. The lowest BCUT2D eigenvalue weighted by molar-refractivity contribution is -0.116. The van der Waals surface area contributed by atoms with E-state index >= 15 is 0 Å². The maximum absolute atomic E-state index is 12.5. The fraction of sp³-hybridized carbons (Fsp3) is 0.211. The van der Waals surface area contributed by atoms with Crippen LogP contribution in [0.2, 0.25) is 0 Å². The van der Waals surface area contributed by atoms with Gasteiger partial charge in [0.25, 0.3) is 5.91 Å². The first-order chi connectivity index (χ1) is 11.9. The molecular weight excluding hydrogens is 316 g/mol. The van der Waals surface area contributed by atoms with Crippen molar-refractivity contribution >= 4 is 28.5 Å². The number of aromatic amines is 1. The summed E-state index contributed by atoms with van der Waals surface area (Å²) in [5.41, 5.74) is 4.92. The first kappa shape index (κ1) is 16.7. The number of amides is 2. The highest BCUT2D eigenvalue weighted by Crippen LogP contribution is 2.17. The summed E-state index contributed by atoms with van der Waals surface area (Å²) in [5.74, 6) is -0.445. The Labute approximate surface area is 145 Å². The number of likely N-dealkylation sites (N-methyl/N-ethyl adjacent to an activating group) is 1. The molecule has 0 unspecified atom stereocenters. The topological polar surface area (TPSA) is 78.1 Å². The average Bonchev–Trinajstić information content (AvgIpc) is 3.05. The summed E-state index contributed by atoms with van der Waals surface area (Å²) >= 11 is 0. The van der Waals surface area contributed by atoms with Gasteiger partial charge in [0.15, 0.2) is 0 Å². The highest BCUT2D eigenvalue weighted by Gasteiger charge is 2.16. The molecule has 0 bridgehead atoms. The Morgan fingerprint density at radius 3 is 2.76 bits per heavy atom. The molecule has 1 aromatic heterocycles. The molecule has 2 aromatic carbocycles. The molecule has 25 heavy (non-hydrogen) atoms. The summed E-state index contributed by atoms with van der Waals surface area (Å²) in [4.78, 5) is 33.3. The molecule has 0 aliphatic rings. The zero-order valence-corrected chi connectivity index (χ0v) is 14.5. The Hall–Kier alpha value is -3.15. The number of aromatic nitrogens is 2. The van der Waals surface area contributed by atoms with E-state index in [2.05, 4.69) is 15.3 Å². The quantitative estimate of drug-likeness (QED) is 0.769. The number of hydrogen-bond acceptors (Lipinski definition) is 3. The van der Waals surface area contributed by atoms with Crippen LogP contribution in [0, 0.1) is 13.8 Å². The lowest BCUT2D eigenvalue weighted by Crippen LogP contribution is -2.35. The minimum atomic E-state index is -0.229. The van der Waals surface area contributed by atoms with Crippen molar-refractivity contribution in [1.29, 1.82) is 0 Å². The molecule has 0 saturated carbocycles. The fourth-order valence-corrected chi connectivity index (χ4v) is 2.64. The highest BCUT2D eigenvalue weighted by atomic mass is 16.2. The zero-order chi connectivity index (χ0) is 18.0. The molecule has 1 heterocycles. The summed E-state index contributed by atoms with van der Waals surface area (Å²) in [6.45, 7) is 3.88. The Bertz CT molecular complexity index is 946. The van der Waals surface area contributed by atoms with E-state index in [9.17, 15) is 9.59 Å². The van der Waals surface area contributed by atoms with E-state index in [-0.39, 0.29) is 18.4 Å². The van der Waals surface area contributed by atoms with Crippen molar-refractivity contribution in [3.63, 3.8) is 0 Å². The van der Waals surface area contributed by atoms with Crippen LogP contribution in [0.5, 0.6) is 0 Å². The fourth-order valence-electron chi connectivity index (χ4n) is 2.64. The van der Waals surface area contributed by atoms with Crippen LogP contribution in [0.1, 0.15) is 21.5 Å². The molecule has 3 rings (SSSR count). The molecule has 3 aromatic rings. The third-order valence-electron chi connectivity index (χ3n) is 4.06. The number of carbonyl (C=O) groups excluding carboxylic acids is 2. The van der Waals surface area contributed by atoms with Crippen LogP contribution >= 0.6 is 0 Å². The first-order valence-corrected chi connectivity index (χ1v) is 8.00. The number of carbonyl (C=O) groups is 2. The number of nitrogens with one attached hydrogen (secondary N) is 2. The second-order valence-corrected chi connectivity index (χ2v) is 6.16. The van der Waals surface area contributed by atoms with Gasteiger partial charge in [-0.05, 0) is 49.2 Å². The maximum Gasteiger partial charge on any atom is 0.254 e. The SMILES string of the molecule is Cc1ccc(C)c(NC(=O)CN(C)C(=O)c2ccc3nc[nH]c3c2)c1. The van der Waals surface area contributed by atoms with E-state index in [4.69, 9.17) is 0 Å². The van der Waals surface area contributed by atoms with Crippen molar-refractivity contribution in [2.75, 3.05) is 18.9 Å². The molecule has 0 fully saturated rings. The molecule has 0 radical (unpaired) electrons. The van der Waals surface area contributed by atoms with Gasteiger partial charge in [-0.15, -0.1) is 0 Å². The van der Waals surface area contributed by atoms with Crippen molar-refractivity contribution < 1.29 is 9.59 Å². The standard InChI is InChI=1S/C19H20N4O2/c1-12-4-5-13(2)16(8-12)22-18(24)10-23(3)19(25)14-6-7-15-17(9-14)21-11-20-15/h4-9,11H,10H2,1-3H3,(H,20,21)(H,22,24). The summed E-state index contributed by atoms with van der Waals surface area (Å²) in [6, 6.07) is 11.1. The predicted octanol–water partition coefficient (Wildman–Crippen LogP) is 2.89. The predicted molar refractivity (Wildman–Crippen MR) is 97.6 cm³/mol. The number of anilines is 1. The van der Waals surface area contributed by atoms with Crippen molar-refractivity contribution in [2.24, 2.45) is 0 Å². The van der Waals surface area contributed by atoms with E-state index in [0.29, 0.717) is 5.56 Å². The second kappa shape index (κ2) is 6.76. The molecule has 0 atom stereocenters. The van der Waals surface area contributed by atoms with Gasteiger partial charge in [0.2, 0.25) is 5.91 Å². The Morgan fingerprint density at radius 2 is 1.96 bits per heavy atom. The maximum atomic E-state index is 12.5. The minimum absolute atomic E-state index is 0.0206. The number of benzene rings is 2. The molecule has 0 aliphatic heterocycles. The normalized spacial score (nSPS) is 10.7. The molecule has 2 amide bonds. The van der Waals surface area contributed by atoms with Gasteiger partial charge in [-0.25, -0.2) is 4.98 Å². The summed E-state index contributed by atoms with van der Waals surface area (Å²) < 4.78 is 0. The number of aryl methyl sites for hydroxylation is 2. The van der Waals surface area contributed by atoms with Crippen molar-refractivity contribution in [3.05, 3.63) is 59.4 Å². The van der Waals surface area contributed by atoms with Crippen LogP contribution in [0.15, 0.2) is 42.7 Å². The van der Waals surface area contributed by atoms with Crippen LogP contribution < -0.4 is 5.32 Å². The van der Waals surface area contributed by atoms with Gasteiger partial charge in [0.05, 0.1) is 23.9 Å². The summed E-state index contributed by atoms with van der Waals surface area (Å²) in [5, 5.41) is 2.86. The van der Waals surface area contributed by atoms with Gasteiger partial charge in [0, 0.05) is 18.3 Å². The van der Waals surface area contributed by atoms with Crippen LogP contribution in [0.25, 0.3) is 11.0 Å². The van der Waals surface area contributed by atoms with Gasteiger partial charge in [-0.1, -0.05) is 12.1 Å². The number of imidazole rings is 1.